The monoisotopic (exact) mass is 580 g/mol. The largest absolute Gasteiger partial charge is 0.462 e. The highest BCUT2D eigenvalue weighted by molar-refractivity contribution is 6.25. The zero-order chi connectivity index (χ0) is 30.2. The third-order valence-corrected chi connectivity index (χ3v) is 8.12. The maximum atomic E-state index is 14.0. The van der Waals surface area contributed by atoms with Gasteiger partial charge in [-0.2, -0.15) is 0 Å². The summed E-state index contributed by atoms with van der Waals surface area (Å²) in [6, 6.07) is 17.4. The molecule has 0 aliphatic carbocycles. The number of anilines is 3. The number of hydrogen-bond donors (Lipinski definition) is 1. The molecule has 3 aliphatic heterocycles. The highest BCUT2D eigenvalue weighted by Gasteiger charge is 2.64. The Labute approximate surface area is 246 Å². The molecule has 3 amide bonds. The molecule has 3 aromatic carbocycles. The first-order chi connectivity index (χ1) is 20.8. The molecule has 2 fully saturated rings. The first-order valence-electron chi connectivity index (χ1n) is 14.1. The van der Waals surface area contributed by atoms with E-state index >= 15 is 0 Å². The van der Waals surface area contributed by atoms with Crippen molar-refractivity contribution in [2.45, 2.75) is 31.8 Å². The summed E-state index contributed by atoms with van der Waals surface area (Å²) in [6.45, 7) is 2.30. The maximum Gasteiger partial charge on any atom is 0.338 e. The summed E-state index contributed by atoms with van der Waals surface area (Å²) < 4.78 is 5.25. The molecule has 11 heteroatoms. The van der Waals surface area contributed by atoms with E-state index in [1.807, 2.05) is 48.2 Å². The third kappa shape index (κ3) is 4.82. The summed E-state index contributed by atoms with van der Waals surface area (Å²) in [4.78, 5) is 67.7. The number of fused-ring (bicyclic) bond motifs is 5. The van der Waals surface area contributed by atoms with Crippen LogP contribution in [0, 0.1) is 22.0 Å². The van der Waals surface area contributed by atoms with Gasteiger partial charge in [-0.1, -0.05) is 43.7 Å². The highest BCUT2D eigenvalue weighted by atomic mass is 16.6. The van der Waals surface area contributed by atoms with Crippen LogP contribution in [0.1, 0.15) is 35.7 Å². The molecule has 0 saturated carbocycles. The van der Waals surface area contributed by atoms with Crippen molar-refractivity contribution in [1.29, 1.82) is 0 Å². The lowest BCUT2D eigenvalue weighted by atomic mass is 9.88. The average Bonchev–Trinajstić information content (AvgIpc) is 3.50. The van der Waals surface area contributed by atoms with Crippen LogP contribution >= 0.6 is 0 Å². The lowest BCUT2D eigenvalue weighted by Gasteiger charge is -2.36. The fourth-order valence-corrected chi connectivity index (χ4v) is 6.09. The number of rotatable bonds is 8. The van der Waals surface area contributed by atoms with E-state index in [4.69, 9.17) is 4.74 Å². The van der Waals surface area contributed by atoms with Crippen LogP contribution in [0.3, 0.4) is 0 Å². The van der Waals surface area contributed by atoms with Crippen LogP contribution in [0.2, 0.25) is 0 Å². The maximum absolute atomic E-state index is 14.0. The zero-order valence-corrected chi connectivity index (χ0v) is 23.2. The Hall–Kier alpha value is -5.32. The Kier molecular flexibility index (Phi) is 7.22. The number of nitrogens with one attached hydrogen (secondary N) is 1. The molecule has 6 rings (SSSR count). The van der Waals surface area contributed by atoms with Gasteiger partial charge in [0, 0.05) is 23.5 Å². The van der Waals surface area contributed by atoms with Crippen molar-refractivity contribution >= 4 is 52.5 Å². The number of ether oxygens (including phenoxy) is 1. The van der Waals surface area contributed by atoms with Gasteiger partial charge in [0.1, 0.15) is 6.04 Å². The van der Waals surface area contributed by atoms with Crippen molar-refractivity contribution in [3.05, 3.63) is 100 Å². The van der Waals surface area contributed by atoms with Gasteiger partial charge in [-0.3, -0.25) is 24.5 Å². The molecule has 0 radical (unpaired) electrons. The quantitative estimate of drug-likeness (QED) is 0.134. The lowest BCUT2D eigenvalue weighted by Crippen LogP contribution is -2.50. The first kappa shape index (κ1) is 27.8. The number of nitrogens with zero attached hydrogens (tertiary/aromatic N) is 3. The van der Waals surface area contributed by atoms with Crippen molar-refractivity contribution in [1.82, 2.24) is 0 Å². The number of benzene rings is 3. The summed E-state index contributed by atoms with van der Waals surface area (Å²) in [5.41, 5.74) is 2.39. The van der Waals surface area contributed by atoms with Crippen LogP contribution < -0.4 is 15.1 Å². The number of nitro groups is 1. The van der Waals surface area contributed by atoms with Crippen LogP contribution in [-0.4, -0.2) is 47.3 Å². The number of carbonyl (C=O) groups excluding carboxylic acids is 4. The molecule has 3 aromatic rings. The number of imide groups is 1. The molecule has 3 heterocycles. The summed E-state index contributed by atoms with van der Waals surface area (Å²) >= 11 is 0. The van der Waals surface area contributed by atoms with E-state index in [1.165, 1.54) is 48.5 Å². The van der Waals surface area contributed by atoms with E-state index in [0.29, 0.717) is 23.5 Å². The SMILES string of the molecule is CCCCOC(=O)c1ccc(N2C(=O)[C@@H]3[C@H](C2=O)[C@@H](C(=O)Nc2ccc([N+](=O)[O-])cc2)N2c4ccccc4C=C[C@@H]32)cc1. The standard InChI is InChI=1S/C32H28N4O7/c1-2-3-18-43-32(40)20-8-13-22(14-9-20)34-30(38)26-25-17-10-19-6-4-5-7-24(19)35(25)28(27(26)31(34)39)29(37)33-21-11-15-23(16-12-21)36(41)42/h4-17,25-28H,2-3,18H2,1H3,(H,33,37)/t25-,26-,27-,28-/m0/s1. The summed E-state index contributed by atoms with van der Waals surface area (Å²) in [7, 11) is 0. The Morgan fingerprint density at radius 1 is 0.953 bits per heavy atom. The van der Waals surface area contributed by atoms with Crippen LogP contribution in [0.25, 0.3) is 6.08 Å². The Morgan fingerprint density at radius 3 is 2.35 bits per heavy atom. The molecule has 1 N–H and O–H groups in total. The Bertz CT molecular complexity index is 1650. The number of amides is 3. The number of esters is 1. The van der Waals surface area contributed by atoms with E-state index < -0.39 is 52.5 Å². The van der Waals surface area contributed by atoms with Crippen LogP contribution in [0.15, 0.2) is 78.9 Å². The molecule has 218 valence electrons. The third-order valence-electron chi connectivity index (χ3n) is 8.12. The summed E-state index contributed by atoms with van der Waals surface area (Å²) in [6.07, 6.45) is 5.38. The Balaban J connectivity index is 1.32. The predicted molar refractivity (Wildman–Crippen MR) is 158 cm³/mol. The number of nitro benzene ring substituents is 1. The summed E-state index contributed by atoms with van der Waals surface area (Å²) in [5.74, 6) is -3.77. The fourth-order valence-electron chi connectivity index (χ4n) is 6.09. The van der Waals surface area contributed by atoms with Gasteiger partial charge in [0.05, 0.1) is 40.7 Å². The van der Waals surface area contributed by atoms with Crippen LogP contribution in [-0.2, 0) is 19.1 Å². The van der Waals surface area contributed by atoms with Gasteiger partial charge in [-0.15, -0.1) is 0 Å². The minimum absolute atomic E-state index is 0.124. The van der Waals surface area contributed by atoms with E-state index in [1.54, 1.807) is 0 Å². The lowest BCUT2D eigenvalue weighted by molar-refractivity contribution is -0.384. The molecule has 0 unspecified atom stereocenters. The first-order valence-corrected chi connectivity index (χ1v) is 14.1. The number of unbranched alkanes of at least 4 members (excludes halogenated alkanes) is 1. The average molecular weight is 581 g/mol. The number of carbonyl (C=O) groups is 4. The zero-order valence-electron chi connectivity index (χ0n) is 23.2. The van der Waals surface area contributed by atoms with Crippen LogP contribution in [0.5, 0.6) is 0 Å². The van der Waals surface area contributed by atoms with E-state index in [0.717, 1.165) is 29.0 Å². The molecule has 11 nitrogen and oxygen atoms in total. The van der Waals surface area contributed by atoms with Crippen molar-refractivity contribution in [2.75, 3.05) is 21.7 Å². The van der Waals surface area contributed by atoms with Gasteiger partial charge < -0.3 is 15.0 Å². The topological polar surface area (TPSA) is 139 Å². The number of non-ortho nitro benzene ring substituents is 1. The molecule has 0 spiro atoms. The van der Waals surface area contributed by atoms with E-state index in [9.17, 15) is 29.3 Å². The van der Waals surface area contributed by atoms with Gasteiger partial charge >= 0.3 is 5.97 Å². The predicted octanol–water partition coefficient (Wildman–Crippen LogP) is 4.58. The second-order valence-electron chi connectivity index (χ2n) is 10.7. The van der Waals surface area contributed by atoms with E-state index in [-0.39, 0.29) is 5.69 Å². The molecular weight excluding hydrogens is 552 g/mol. The fraction of sp³-hybridized carbons (Fsp3) is 0.250. The van der Waals surface area contributed by atoms with Gasteiger partial charge in [-0.25, -0.2) is 9.69 Å². The second kappa shape index (κ2) is 11.2. The normalized spacial score (nSPS) is 21.7. The molecule has 43 heavy (non-hydrogen) atoms. The molecular formula is C32H28N4O7. The van der Waals surface area contributed by atoms with Gasteiger partial charge in [-0.05, 0) is 54.4 Å². The smallest absolute Gasteiger partial charge is 0.338 e. The van der Waals surface area contributed by atoms with Gasteiger partial charge in [0.25, 0.3) is 5.69 Å². The number of hydrogen-bond acceptors (Lipinski definition) is 8. The van der Waals surface area contributed by atoms with Crippen LogP contribution in [0.4, 0.5) is 22.7 Å². The van der Waals surface area contributed by atoms with Crippen molar-refractivity contribution in [2.24, 2.45) is 11.8 Å². The minimum Gasteiger partial charge on any atom is -0.462 e. The molecule has 0 bridgehead atoms. The number of para-hydroxylation sites is 1. The van der Waals surface area contributed by atoms with Crippen molar-refractivity contribution in [3.63, 3.8) is 0 Å². The Morgan fingerprint density at radius 2 is 1.65 bits per heavy atom. The molecule has 2 saturated heterocycles. The highest BCUT2D eigenvalue weighted by Crippen LogP contribution is 2.49. The minimum atomic E-state index is -1.04. The molecule has 4 atom stereocenters. The second-order valence-corrected chi connectivity index (χ2v) is 10.7. The van der Waals surface area contributed by atoms with Gasteiger partial charge in [0.15, 0.2) is 0 Å². The van der Waals surface area contributed by atoms with Crippen molar-refractivity contribution < 1.29 is 28.8 Å². The summed E-state index contributed by atoms with van der Waals surface area (Å²) in [5, 5.41) is 13.9. The van der Waals surface area contributed by atoms with Crippen molar-refractivity contribution in [3.8, 4) is 0 Å². The van der Waals surface area contributed by atoms with E-state index in [2.05, 4.69) is 5.32 Å². The molecule has 0 aromatic heterocycles. The van der Waals surface area contributed by atoms with Gasteiger partial charge in [0.2, 0.25) is 17.7 Å². The molecule has 3 aliphatic rings.